The fourth-order valence-corrected chi connectivity index (χ4v) is 1.36. The first-order chi connectivity index (χ1) is 7.60. The molecule has 0 spiro atoms. The third kappa shape index (κ3) is 2.52. The van der Waals surface area contributed by atoms with Crippen molar-refractivity contribution >= 4 is 0 Å². The van der Waals surface area contributed by atoms with Gasteiger partial charge in [0, 0.05) is 24.7 Å². The predicted molar refractivity (Wildman–Crippen MR) is 58.4 cm³/mol. The van der Waals surface area contributed by atoms with Crippen LogP contribution >= 0.6 is 0 Å². The van der Waals surface area contributed by atoms with Crippen molar-refractivity contribution < 1.29 is 10.0 Å². The molecule has 1 radical (unpaired) electrons. The second-order valence-corrected chi connectivity index (χ2v) is 3.20. The molecule has 0 aromatic carbocycles. The second kappa shape index (κ2) is 5.19. The number of hydrogen-bond acceptors (Lipinski definition) is 3. The Bertz CT molecular complexity index is 411. The highest BCUT2D eigenvalue weighted by Gasteiger charge is 2.14. The summed E-state index contributed by atoms with van der Waals surface area (Å²) in [5.74, 6) is -0.129. The molecule has 0 amide bonds. The minimum atomic E-state index is -0.536. The lowest BCUT2D eigenvalue weighted by Gasteiger charge is -2.18. The van der Waals surface area contributed by atoms with Crippen LogP contribution in [-0.4, -0.2) is 22.9 Å². The number of hydrogen-bond donors (Lipinski definition) is 0. The Morgan fingerprint density at radius 3 is 2.44 bits per heavy atom. The van der Waals surface area contributed by atoms with Gasteiger partial charge in [0.2, 0.25) is 0 Å². The first kappa shape index (κ1) is 12.1. The molecule has 0 bridgehead atoms. The van der Waals surface area contributed by atoms with Gasteiger partial charge in [-0.1, -0.05) is 0 Å². The van der Waals surface area contributed by atoms with Gasteiger partial charge in [-0.05, 0) is 31.7 Å². The lowest BCUT2D eigenvalue weighted by molar-refractivity contribution is -0.418. The first-order valence-electron chi connectivity index (χ1n) is 5.05. The van der Waals surface area contributed by atoms with Gasteiger partial charge in [0.25, 0.3) is 5.88 Å². The van der Waals surface area contributed by atoms with Crippen molar-refractivity contribution in [2.24, 2.45) is 0 Å². The molecule has 0 saturated heterocycles. The molecule has 0 aromatic heterocycles. The summed E-state index contributed by atoms with van der Waals surface area (Å²) in [7, 11) is 0. The third-order valence-electron chi connectivity index (χ3n) is 2.29. The lowest BCUT2D eigenvalue weighted by atomic mass is 10.1. The van der Waals surface area contributed by atoms with Crippen molar-refractivity contribution in [3.63, 3.8) is 0 Å². The van der Waals surface area contributed by atoms with Gasteiger partial charge in [0.05, 0.1) is 4.92 Å². The highest BCUT2D eigenvalue weighted by molar-refractivity contribution is 5.39. The normalized spacial score (nSPS) is 17.0. The van der Waals surface area contributed by atoms with E-state index in [0.717, 1.165) is 0 Å². The molecule has 0 aliphatic heterocycles. The Morgan fingerprint density at radius 2 is 2.06 bits per heavy atom. The Kier molecular flexibility index (Phi) is 3.91. The van der Waals surface area contributed by atoms with Crippen LogP contribution in [0.4, 0.5) is 0 Å². The first-order valence-corrected chi connectivity index (χ1v) is 5.05. The lowest BCUT2D eigenvalue weighted by Crippen LogP contribution is -2.22. The Labute approximate surface area is 93.8 Å². The predicted octanol–water partition coefficient (Wildman–Crippen LogP) is 1.86. The molecular weight excluding hydrogens is 208 g/mol. The Morgan fingerprint density at radius 1 is 1.44 bits per heavy atom. The fraction of sp³-hybridized carbons (Fsp3) is 0.364. The molecular formula is C11H13N2O3. The van der Waals surface area contributed by atoms with E-state index >= 15 is 0 Å². The van der Waals surface area contributed by atoms with Gasteiger partial charge >= 0.3 is 5.70 Å². The molecule has 1 aliphatic rings. The van der Waals surface area contributed by atoms with Crippen LogP contribution in [0.5, 0.6) is 0 Å². The fourth-order valence-electron chi connectivity index (χ4n) is 1.36. The topological polar surface area (TPSA) is 66.3 Å². The minimum Gasteiger partial charge on any atom is -0.339 e. The van der Waals surface area contributed by atoms with E-state index in [0.29, 0.717) is 18.7 Å². The summed E-state index contributed by atoms with van der Waals surface area (Å²) < 4.78 is 0. The van der Waals surface area contributed by atoms with Crippen LogP contribution in [0.2, 0.25) is 0 Å². The Hall–Kier alpha value is -2.00. The highest BCUT2D eigenvalue weighted by Crippen LogP contribution is 2.15. The molecule has 1 rings (SSSR count). The van der Waals surface area contributed by atoms with E-state index < -0.39 is 4.92 Å². The standard InChI is InChI=1S/C11H13N2O3/c1-3-12(4-2)11(14)9-5-7-10(8-6-9)13(15)16/h5-7H,3-4H2,1-2H3. The molecule has 0 saturated carbocycles. The zero-order valence-corrected chi connectivity index (χ0v) is 9.27. The number of nitrogens with zero attached hydrogens (tertiary/aromatic N) is 2. The molecule has 0 heterocycles. The van der Waals surface area contributed by atoms with Crippen molar-refractivity contribution in [3.8, 4) is 0 Å². The molecule has 0 N–H and O–H groups in total. The van der Waals surface area contributed by atoms with Crippen LogP contribution in [0.3, 0.4) is 0 Å². The SMILES string of the molecule is CCN(CC)C([O])=C1C=C=C([N+](=O)[O-])C=C1. The molecule has 16 heavy (non-hydrogen) atoms. The van der Waals surface area contributed by atoms with Gasteiger partial charge in [0.15, 0.2) is 0 Å². The summed E-state index contributed by atoms with van der Waals surface area (Å²) >= 11 is 0. The van der Waals surface area contributed by atoms with Crippen LogP contribution in [0.1, 0.15) is 13.8 Å². The minimum absolute atomic E-state index is 0.129. The van der Waals surface area contributed by atoms with Gasteiger partial charge in [-0.3, -0.25) is 15.2 Å². The molecule has 0 fully saturated rings. The van der Waals surface area contributed by atoms with Crippen molar-refractivity contribution in [1.29, 1.82) is 0 Å². The number of allylic oxidation sites excluding steroid dienone is 3. The molecule has 5 nitrogen and oxygen atoms in total. The summed E-state index contributed by atoms with van der Waals surface area (Å²) in [4.78, 5) is 11.5. The van der Waals surface area contributed by atoms with Crippen molar-refractivity contribution in [1.82, 2.24) is 4.90 Å². The third-order valence-corrected chi connectivity index (χ3v) is 2.29. The molecule has 0 unspecified atom stereocenters. The molecule has 0 aromatic rings. The van der Waals surface area contributed by atoms with Gasteiger partial charge in [-0.2, -0.15) is 0 Å². The van der Waals surface area contributed by atoms with Gasteiger partial charge < -0.3 is 4.90 Å². The van der Waals surface area contributed by atoms with Crippen molar-refractivity contribution in [3.05, 3.63) is 51.2 Å². The van der Waals surface area contributed by atoms with E-state index in [1.807, 2.05) is 13.8 Å². The van der Waals surface area contributed by atoms with Crippen molar-refractivity contribution in [2.45, 2.75) is 13.8 Å². The van der Waals surface area contributed by atoms with Crippen LogP contribution in [0.15, 0.2) is 41.1 Å². The molecule has 85 valence electrons. The van der Waals surface area contributed by atoms with Gasteiger partial charge in [0.1, 0.15) is 0 Å². The number of nitro groups is 1. The average molecular weight is 221 g/mol. The summed E-state index contributed by atoms with van der Waals surface area (Å²) in [5, 5.41) is 22.2. The smallest absolute Gasteiger partial charge is 0.311 e. The molecule has 5 heteroatoms. The van der Waals surface area contributed by atoms with Crippen LogP contribution in [-0.2, 0) is 5.11 Å². The average Bonchev–Trinajstić information content (AvgIpc) is 2.30. The quantitative estimate of drug-likeness (QED) is 0.315. The maximum Gasteiger partial charge on any atom is 0.311 e. The van der Waals surface area contributed by atoms with Gasteiger partial charge in [-0.25, -0.2) is 0 Å². The van der Waals surface area contributed by atoms with E-state index in [2.05, 4.69) is 5.73 Å². The van der Waals surface area contributed by atoms with Gasteiger partial charge in [-0.15, -0.1) is 0 Å². The summed E-state index contributed by atoms with van der Waals surface area (Å²) in [6.45, 7) is 5.01. The van der Waals surface area contributed by atoms with E-state index in [1.165, 1.54) is 18.2 Å². The zero-order valence-electron chi connectivity index (χ0n) is 9.27. The largest absolute Gasteiger partial charge is 0.339 e. The monoisotopic (exact) mass is 221 g/mol. The molecule has 0 atom stereocenters. The van der Waals surface area contributed by atoms with Crippen LogP contribution < -0.4 is 0 Å². The van der Waals surface area contributed by atoms with Crippen LogP contribution in [0, 0.1) is 10.1 Å². The molecule has 1 aliphatic carbocycles. The summed E-state index contributed by atoms with van der Waals surface area (Å²) in [6.07, 6.45) is 4.10. The maximum atomic E-state index is 11.8. The summed E-state index contributed by atoms with van der Waals surface area (Å²) in [6, 6.07) is 0. The Balaban J connectivity index is 3.03. The highest BCUT2D eigenvalue weighted by atomic mass is 16.6. The van der Waals surface area contributed by atoms with E-state index in [-0.39, 0.29) is 11.6 Å². The van der Waals surface area contributed by atoms with E-state index in [4.69, 9.17) is 0 Å². The maximum absolute atomic E-state index is 11.8. The zero-order chi connectivity index (χ0) is 12.1. The van der Waals surface area contributed by atoms with Crippen LogP contribution in [0.25, 0.3) is 0 Å². The van der Waals surface area contributed by atoms with Crippen molar-refractivity contribution in [2.75, 3.05) is 13.1 Å². The number of rotatable bonds is 4. The van der Waals surface area contributed by atoms with E-state index in [9.17, 15) is 15.2 Å². The summed E-state index contributed by atoms with van der Waals surface area (Å²) in [5.41, 5.74) is 2.77. The second-order valence-electron chi connectivity index (χ2n) is 3.20. The van der Waals surface area contributed by atoms with E-state index in [1.54, 1.807) is 4.90 Å².